The van der Waals surface area contributed by atoms with E-state index in [4.69, 9.17) is 9.15 Å². The van der Waals surface area contributed by atoms with Gasteiger partial charge in [-0.1, -0.05) is 43.7 Å². The molecule has 134 valence electrons. The lowest BCUT2D eigenvalue weighted by molar-refractivity contribution is -0.134. The predicted octanol–water partition coefficient (Wildman–Crippen LogP) is 4.57. The molecule has 0 aliphatic rings. The number of phenols is 1. The number of hydrogen-bond acceptors (Lipinski definition) is 5. The Bertz CT molecular complexity index is 1000. The summed E-state index contributed by atoms with van der Waals surface area (Å²) in [7, 11) is 0. The van der Waals surface area contributed by atoms with Crippen molar-refractivity contribution in [2.24, 2.45) is 0 Å². The first-order chi connectivity index (χ1) is 12.5. The Kier molecular flexibility index (Phi) is 5.07. The second-order valence-electron chi connectivity index (χ2n) is 6.14. The molecular weight excluding hydrogens is 332 g/mol. The molecule has 0 atom stereocenters. The third-order valence-electron chi connectivity index (χ3n) is 4.22. The van der Waals surface area contributed by atoms with Gasteiger partial charge in [-0.3, -0.25) is 9.59 Å². The van der Waals surface area contributed by atoms with E-state index < -0.39 is 0 Å². The van der Waals surface area contributed by atoms with Crippen LogP contribution < -0.4 is 10.2 Å². The average Bonchev–Trinajstić information content (AvgIpc) is 2.64. The van der Waals surface area contributed by atoms with Gasteiger partial charge in [0.25, 0.3) is 0 Å². The molecule has 0 aliphatic carbocycles. The van der Waals surface area contributed by atoms with E-state index in [0.717, 1.165) is 18.4 Å². The van der Waals surface area contributed by atoms with Crippen LogP contribution in [0.3, 0.4) is 0 Å². The lowest BCUT2D eigenvalue weighted by Gasteiger charge is -2.11. The molecule has 5 nitrogen and oxygen atoms in total. The first-order valence-corrected chi connectivity index (χ1v) is 8.57. The molecule has 0 saturated heterocycles. The lowest BCUT2D eigenvalue weighted by atomic mass is 10.1. The summed E-state index contributed by atoms with van der Waals surface area (Å²) >= 11 is 0. The van der Waals surface area contributed by atoms with Crippen LogP contribution in [0.2, 0.25) is 0 Å². The molecule has 1 aromatic heterocycles. The molecule has 0 spiro atoms. The Morgan fingerprint density at radius 3 is 2.62 bits per heavy atom. The van der Waals surface area contributed by atoms with Gasteiger partial charge in [0.05, 0.1) is 0 Å². The Morgan fingerprint density at radius 2 is 1.92 bits per heavy atom. The molecule has 3 rings (SSSR count). The van der Waals surface area contributed by atoms with E-state index in [1.807, 2.05) is 37.3 Å². The number of unbranched alkanes of at least 4 members (excludes halogenated alkanes) is 1. The molecule has 5 heteroatoms. The van der Waals surface area contributed by atoms with Crippen molar-refractivity contribution < 1.29 is 19.1 Å². The molecule has 0 aliphatic heterocycles. The Balaban J connectivity index is 2.10. The zero-order valence-corrected chi connectivity index (χ0v) is 14.7. The van der Waals surface area contributed by atoms with E-state index >= 15 is 0 Å². The summed E-state index contributed by atoms with van der Waals surface area (Å²) in [5.74, 6) is -0.0245. The van der Waals surface area contributed by atoms with E-state index in [-0.39, 0.29) is 33.9 Å². The van der Waals surface area contributed by atoms with Crippen LogP contribution in [0, 0.1) is 6.92 Å². The monoisotopic (exact) mass is 352 g/mol. The summed E-state index contributed by atoms with van der Waals surface area (Å²) < 4.78 is 11.2. The van der Waals surface area contributed by atoms with Gasteiger partial charge in [-0.15, -0.1) is 0 Å². The smallest absolute Gasteiger partial charge is 0.311 e. The van der Waals surface area contributed by atoms with Gasteiger partial charge < -0.3 is 14.3 Å². The fraction of sp³-hybridized carbons (Fsp3) is 0.238. The van der Waals surface area contributed by atoms with Crippen LogP contribution in [0.15, 0.2) is 51.7 Å². The van der Waals surface area contributed by atoms with Gasteiger partial charge in [-0.2, -0.15) is 0 Å². The summed E-state index contributed by atoms with van der Waals surface area (Å²) in [6.45, 7) is 3.59. The largest absolute Gasteiger partial charge is 0.507 e. The SMILES string of the molecule is CCCCC(=O)Oc1cc2oc(-c3ccccc3)cc(=O)c2c(O)c1C. The zero-order valence-electron chi connectivity index (χ0n) is 14.7. The quantitative estimate of drug-likeness (QED) is 0.538. The fourth-order valence-corrected chi connectivity index (χ4v) is 2.72. The molecular formula is C21H20O5. The van der Waals surface area contributed by atoms with Gasteiger partial charge in [0.1, 0.15) is 28.2 Å². The molecule has 0 bridgehead atoms. The van der Waals surface area contributed by atoms with Crippen LogP contribution in [0.4, 0.5) is 0 Å². The zero-order chi connectivity index (χ0) is 18.7. The highest BCUT2D eigenvalue weighted by Crippen LogP contribution is 2.35. The minimum atomic E-state index is -0.379. The lowest BCUT2D eigenvalue weighted by Crippen LogP contribution is -2.09. The predicted molar refractivity (Wildman–Crippen MR) is 99.5 cm³/mol. The third-order valence-corrected chi connectivity index (χ3v) is 4.22. The van der Waals surface area contributed by atoms with Gasteiger partial charge in [0.15, 0.2) is 5.43 Å². The highest BCUT2D eigenvalue weighted by atomic mass is 16.5. The van der Waals surface area contributed by atoms with Crippen LogP contribution in [0.1, 0.15) is 31.7 Å². The number of fused-ring (bicyclic) bond motifs is 1. The van der Waals surface area contributed by atoms with Crippen molar-refractivity contribution in [1.29, 1.82) is 0 Å². The normalized spacial score (nSPS) is 10.8. The highest BCUT2D eigenvalue weighted by Gasteiger charge is 2.18. The summed E-state index contributed by atoms with van der Waals surface area (Å²) in [5, 5.41) is 10.5. The topological polar surface area (TPSA) is 76.7 Å². The maximum atomic E-state index is 12.5. The number of rotatable bonds is 5. The van der Waals surface area contributed by atoms with E-state index in [1.165, 1.54) is 12.1 Å². The summed E-state index contributed by atoms with van der Waals surface area (Å²) in [6, 6.07) is 12.0. The van der Waals surface area contributed by atoms with Crippen LogP contribution >= 0.6 is 0 Å². The highest BCUT2D eigenvalue weighted by molar-refractivity contribution is 5.88. The second kappa shape index (κ2) is 7.44. The summed E-state index contributed by atoms with van der Waals surface area (Å²) in [6.07, 6.45) is 1.90. The van der Waals surface area contributed by atoms with Gasteiger partial charge in [0, 0.05) is 29.7 Å². The van der Waals surface area contributed by atoms with E-state index in [0.29, 0.717) is 17.7 Å². The molecule has 0 radical (unpaired) electrons. The van der Waals surface area contributed by atoms with Crippen molar-refractivity contribution in [3.05, 3.63) is 58.3 Å². The van der Waals surface area contributed by atoms with Crippen LogP contribution in [0.5, 0.6) is 11.5 Å². The first-order valence-electron chi connectivity index (χ1n) is 8.57. The molecule has 0 amide bonds. The van der Waals surface area contributed by atoms with E-state index in [9.17, 15) is 14.7 Å². The van der Waals surface area contributed by atoms with Gasteiger partial charge in [-0.25, -0.2) is 0 Å². The number of esters is 1. The molecule has 3 aromatic rings. The first kappa shape index (κ1) is 17.7. The van der Waals surface area contributed by atoms with Crippen molar-refractivity contribution in [3.8, 4) is 22.8 Å². The van der Waals surface area contributed by atoms with Crippen molar-refractivity contribution in [2.75, 3.05) is 0 Å². The van der Waals surface area contributed by atoms with Crippen molar-refractivity contribution in [3.63, 3.8) is 0 Å². The number of ether oxygens (including phenoxy) is 1. The van der Waals surface area contributed by atoms with Gasteiger partial charge in [-0.05, 0) is 13.3 Å². The van der Waals surface area contributed by atoms with Crippen molar-refractivity contribution in [2.45, 2.75) is 33.1 Å². The minimum absolute atomic E-state index is 0.0792. The van der Waals surface area contributed by atoms with Crippen LogP contribution in [-0.4, -0.2) is 11.1 Å². The molecule has 26 heavy (non-hydrogen) atoms. The van der Waals surface area contributed by atoms with Crippen molar-refractivity contribution in [1.82, 2.24) is 0 Å². The molecule has 2 aromatic carbocycles. The number of carbonyl (C=O) groups is 1. The number of phenolic OH excluding ortho intramolecular Hbond substituents is 1. The maximum Gasteiger partial charge on any atom is 0.311 e. The molecule has 1 heterocycles. The minimum Gasteiger partial charge on any atom is -0.507 e. The maximum absolute atomic E-state index is 12.5. The van der Waals surface area contributed by atoms with E-state index in [1.54, 1.807) is 6.92 Å². The standard InChI is InChI=1S/C21H20O5/c1-3-4-10-19(23)26-16-12-18-20(21(24)13(16)2)15(22)11-17(25-18)14-8-6-5-7-9-14/h5-9,11-12,24H,3-4,10H2,1-2H3. The van der Waals surface area contributed by atoms with E-state index in [2.05, 4.69) is 0 Å². The summed E-state index contributed by atoms with van der Waals surface area (Å²) in [4.78, 5) is 24.4. The summed E-state index contributed by atoms with van der Waals surface area (Å²) in [5.41, 5.74) is 0.905. The molecule has 0 fully saturated rings. The third kappa shape index (κ3) is 3.47. The number of carbonyl (C=O) groups excluding carboxylic acids is 1. The number of aromatic hydroxyl groups is 1. The average molecular weight is 352 g/mol. The van der Waals surface area contributed by atoms with Gasteiger partial charge in [0.2, 0.25) is 0 Å². The number of benzene rings is 2. The Labute approximate surface area is 150 Å². The second-order valence-corrected chi connectivity index (χ2v) is 6.14. The van der Waals surface area contributed by atoms with Crippen LogP contribution in [0.25, 0.3) is 22.3 Å². The molecule has 0 saturated carbocycles. The number of hydrogen-bond donors (Lipinski definition) is 1. The molecule has 1 N–H and O–H groups in total. The van der Waals surface area contributed by atoms with Crippen LogP contribution in [-0.2, 0) is 4.79 Å². The Hall–Kier alpha value is -3.08. The van der Waals surface area contributed by atoms with Gasteiger partial charge >= 0.3 is 5.97 Å². The Morgan fingerprint density at radius 1 is 1.19 bits per heavy atom. The molecule has 0 unspecified atom stereocenters. The van der Waals surface area contributed by atoms with Crippen molar-refractivity contribution >= 4 is 16.9 Å². The fourth-order valence-electron chi connectivity index (χ4n) is 2.72.